The number of ether oxygens (including phenoxy) is 3. The van der Waals surface area contributed by atoms with Crippen LogP contribution in [-0.4, -0.2) is 70.0 Å². The number of benzene rings is 1. The summed E-state index contributed by atoms with van der Waals surface area (Å²) in [6.07, 6.45) is -7.63. The lowest BCUT2D eigenvalue weighted by Gasteiger charge is -2.39. The van der Waals surface area contributed by atoms with Crippen LogP contribution in [0.15, 0.2) is 27.4 Å². The Morgan fingerprint density at radius 2 is 1.88 bits per heavy atom. The molecule has 0 spiro atoms. The smallest absolute Gasteiger partial charge is 0.336 e. The van der Waals surface area contributed by atoms with Crippen LogP contribution in [0.3, 0.4) is 0 Å². The highest BCUT2D eigenvalue weighted by Crippen LogP contribution is 2.43. The number of hydrogen-bond donors (Lipinski definition) is 5. The van der Waals surface area contributed by atoms with Crippen LogP contribution in [0.25, 0.3) is 11.0 Å². The molecule has 26 heavy (non-hydrogen) atoms. The summed E-state index contributed by atoms with van der Waals surface area (Å²) < 4.78 is 20.8. The van der Waals surface area contributed by atoms with Gasteiger partial charge in [0.05, 0.1) is 13.7 Å². The molecule has 1 saturated heterocycles. The number of fused-ring (bicyclic) bond motifs is 1. The summed E-state index contributed by atoms with van der Waals surface area (Å²) in [5.41, 5.74) is -0.866. The number of aliphatic hydroxyl groups excluding tert-OH is 4. The number of aliphatic hydroxyl groups is 4. The molecule has 0 radical (unpaired) electrons. The Bertz CT molecular complexity index is 845. The van der Waals surface area contributed by atoms with Crippen LogP contribution in [0.5, 0.6) is 17.2 Å². The number of phenolic OH excluding ortho intramolecular Hbond substituents is 1. The highest BCUT2D eigenvalue weighted by atomic mass is 16.7. The van der Waals surface area contributed by atoms with Crippen LogP contribution in [0, 0.1) is 0 Å². The van der Waals surface area contributed by atoms with E-state index in [1.807, 2.05) is 0 Å². The van der Waals surface area contributed by atoms with Crippen molar-refractivity contribution in [1.82, 2.24) is 0 Å². The summed E-state index contributed by atoms with van der Waals surface area (Å²) in [7, 11) is 1.31. The van der Waals surface area contributed by atoms with Crippen LogP contribution < -0.4 is 15.1 Å². The molecule has 0 bridgehead atoms. The van der Waals surface area contributed by atoms with Crippen molar-refractivity contribution in [2.24, 2.45) is 0 Å². The third-order valence-electron chi connectivity index (χ3n) is 4.11. The average molecular weight is 370 g/mol. The minimum atomic E-state index is -1.68. The van der Waals surface area contributed by atoms with E-state index in [1.54, 1.807) is 0 Å². The lowest BCUT2D eigenvalue weighted by Crippen LogP contribution is -2.60. The van der Waals surface area contributed by atoms with Gasteiger partial charge in [-0.3, -0.25) is 0 Å². The molecule has 1 fully saturated rings. The van der Waals surface area contributed by atoms with Crippen molar-refractivity contribution in [3.05, 3.63) is 28.6 Å². The van der Waals surface area contributed by atoms with E-state index in [0.29, 0.717) is 5.39 Å². The second-order valence-corrected chi connectivity index (χ2v) is 5.74. The van der Waals surface area contributed by atoms with E-state index >= 15 is 0 Å². The second kappa shape index (κ2) is 7.09. The molecule has 2 aromatic rings. The molecule has 142 valence electrons. The van der Waals surface area contributed by atoms with Crippen LogP contribution in [0.2, 0.25) is 0 Å². The molecule has 1 aliphatic rings. The summed E-state index contributed by atoms with van der Waals surface area (Å²) in [5.74, 6) is -0.839. The Balaban J connectivity index is 2.02. The van der Waals surface area contributed by atoms with Gasteiger partial charge in [0.15, 0.2) is 11.3 Å². The van der Waals surface area contributed by atoms with Crippen LogP contribution in [0.1, 0.15) is 0 Å². The molecule has 0 unspecified atom stereocenters. The van der Waals surface area contributed by atoms with Gasteiger partial charge < -0.3 is 44.2 Å². The number of hydrogen-bond acceptors (Lipinski definition) is 10. The van der Waals surface area contributed by atoms with Crippen molar-refractivity contribution in [3.8, 4) is 17.2 Å². The first-order valence-corrected chi connectivity index (χ1v) is 7.68. The quantitative estimate of drug-likeness (QED) is 0.409. The second-order valence-electron chi connectivity index (χ2n) is 5.74. The molecule has 0 aliphatic carbocycles. The Labute approximate surface area is 146 Å². The van der Waals surface area contributed by atoms with Gasteiger partial charge in [-0.05, 0) is 12.1 Å². The topological polar surface area (TPSA) is 159 Å². The first-order valence-electron chi connectivity index (χ1n) is 7.68. The summed E-state index contributed by atoms with van der Waals surface area (Å²) in [6.45, 7) is -0.638. The number of methoxy groups -OCH3 is 1. The third-order valence-corrected chi connectivity index (χ3v) is 4.11. The van der Waals surface area contributed by atoms with E-state index < -0.39 is 48.7 Å². The van der Waals surface area contributed by atoms with E-state index in [9.17, 15) is 30.3 Å². The van der Waals surface area contributed by atoms with Crippen molar-refractivity contribution >= 4 is 11.0 Å². The number of aromatic hydroxyl groups is 1. The van der Waals surface area contributed by atoms with Gasteiger partial charge in [0, 0.05) is 11.5 Å². The summed E-state index contributed by atoms with van der Waals surface area (Å²) >= 11 is 0. The molecule has 5 atom stereocenters. The monoisotopic (exact) mass is 370 g/mol. The van der Waals surface area contributed by atoms with E-state index in [-0.39, 0.29) is 17.1 Å². The Kier molecular flexibility index (Phi) is 5.03. The maximum absolute atomic E-state index is 11.4. The fourth-order valence-corrected chi connectivity index (χ4v) is 2.70. The Hall–Kier alpha value is -2.37. The van der Waals surface area contributed by atoms with Crippen LogP contribution in [-0.2, 0) is 4.74 Å². The Morgan fingerprint density at radius 1 is 1.15 bits per heavy atom. The average Bonchev–Trinajstić information content (AvgIpc) is 2.64. The maximum Gasteiger partial charge on any atom is 0.336 e. The van der Waals surface area contributed by atoms with Gasteiger partial charge in [-0.25, -0.2) is 4.79 Å². The molecular weight excluding hydrogens is 352 g/mol. The predicted molar refractivity (Wildman–Crippen MR) is 85.1 cm³/mol. The Morgan fingerprint density at radius 3 is 2.54 bits per heavy atom. The zero-order valence-electron chi connectivity index (χ0n) is 13.6. The number of phenols is 1. The lowest BCUT2D eigenvalue weighted by atomic mass is 9.99. The third kappa shape index (κ3) is 3.08. The SMILES string of the molecule is COc1cc2ccc(=O)oc2c(O)c1O[C@H]1O[C@@H](CO)[C@H](O)[C@@H](O)[C@@H]1O. The van der Waals surface area contributed by atoms with Gasteiger partial charge in [0.25, 0.3) is 0 Å². The van der Waals surface area contributed by atoms with E-state index in [0.717, 1.165) is 0 Å². The van der Waals surface area contributed by atoms with Crippen molar-refractivity contribution in [1.29, 1.82) is 0 Å². The standard InChI is InChI=1S/C16H18O10/c1-23-7-4-6-2-3-9(18)25-14(6)13(22)15(7)26-16-12(21)11(20)10(19)8(5-17)24-16/h2-4,8,10-12,16-17,19-22H,5H2,1H3/t8-,10-,11+,12-,16+/m0/s1. The van der Waals surface area contributed by atoms with E-state index in [2.05, 4.69) is 0 Å². The lowest BCUT2D eigenvalue weighted by molar-refractivity contribution is -0.277. The molecular formula is C16H18O10. The van der Waals surface area contributed by atoms with Crippen LogP contribution in [0.4, 0.5) is 0 Å². The fraction of sp³-hybridized carbons (Fsp3) is 0.438. The molecule has 10 nitrogen and oxygen atoms in total. The first-order chi connectivity index (χ1) is 12.4. The molecule has 0 amide bonds. The molecule has 0 saturated carbocycles. The minimum Gasteiger partial charge on any atom is -0.502 e. The fourth-order valence-electron chi connectivity index (χ4n) is 2.70. The van der Waals surface area contributed by atoms with Gasteiger partial charge in [-0.15, -0.1) is 0 Å². The highest BCUT2D eigenvalue weighted by Gasteiger charge is 2.45. The molecule has 1 aromatic carbocycles. The summed E-state index contributed by atoms with van der Waals surface area (Å²) in [4.78, 5) is 11.4. The predicted octanol–water partition coefficient (Wildman–Crippen LogP) is -1.31. The minimum absolute atomic E-state index is 0.0424. The molecule has 1 aromatic heterocycles. The number of rotatable bonds is 4. The zero-order valence-corrected chi connectivity index (χ0v) is 13.6. The zero-order chi connectivity index (χ0) is 19.0. The van der Waals surface area contributed by atoms with Crippen molar-refractivity contribution in [2.75, 3.05) is 13.7 Å². The normalized spacial score (nSPS) is 28.9. The van der Waals surface area contributed by atoms with Gasteiger partial charge in [0.2, 0.25) is 17.8 Å². The van der Waals surface area contributed by atoms with Gasteiger partial charge in [-0.1, -0.05) is 0 Å². The van der Waals surface area contributed by atoms with E-state index in [1.165, 1.54) is 25.3 Å². The van der Waals surface area contributed by atoms with Crippen molar-refractivity contribution in [2.45, 2.75) is 30.7 Å². The molecule has 2 heterocycles. The molecule has 3 rings (SSSR count). The summed E-state index contributed by atoms with van der Waals surface area (Å²) in [5, 5.41) is 49.7. The molecule has 1 aliphatic heterocycles. The van der Waals surface area contributed by atoms with Gasteiger partial charge in [-0.2, -0.15) is 0 Å². The molecule has 10 heteroatoms. The van der Waals surface area contributed by atoms with E-state index in [4.69, 9.17) is 18.6 Å². The largest absolute Gasteiger partial charge is 0.502 e. The van der Waals surface area contributed by atoms with Gasteiger partial charge in [0.1, 0.15) is 24.4 Å². The summed E-state index contributed by atoms with van der Waals surface area (Å²) in [6, 6.07) is 4.01. The van der Waals surface area contributed by atoms with Crippen molar-refractivity contribution < 1.29 is 44.2 Å². The maximum atomic E-state index is 11.4. The van der Waals surface area contributed by atoms with Crippen molar-refractivity contribution in [3.63, 3.8) is 0 Å². The molecule has 5 N–H and O–H groups in total. The van der Waals surface area contributed by atoms with Crippen LogP contribution >= 0.6 is 0 Å². The highest BCUT2D eigenvalue weighted by molar-refractivity contribution is 5.87. The van der Waals surface area contributed by atoms with Gasteiger partial charge >= 0.3 is 5.63 Å². The first kappa shape index (κ1) is 18.4.